The van der Waals surface area contributed by atoms with E-state index in [0.717, 1.165) is 41.1 Å². The van der Waals surface area contributed by atoms with Crippen molar-refractivity contribution in [3.8, 4) is 11.5 Å². The maximum atomic E-state index is 13.5. The molecule has 7 heteroatoms. The molecule has 0 saturated heterocycles. The van der Waals surface area contributed by atoms with Gasteiger partial charge in [-0.2, -0.15) is 0 Å². The number of carbonyl (C=O) groups is 1. The van der Waals surface area contributed by atoms with Crippen molar-refractivity contribution < 1.29 is 14.3 Å². The van der Waals surface area contributed by atoms with E-state index < -0.39 is 0 Å². The highest BCUT2D eigenvalue weighted by atomic mass is 35.5. The quantitative estimate of drug-likeness (QED) is 0.348. The summed E-state index contributed by atoms with van der Waals surface area (Å²) in [5.41, 5.74) is 3.56. The number of fused-ring (bicyclic) bond motifs is 1. The zero-order valence-corrected chi connectivity index (χ0v) is 22.3. The Morgan fingerprint density at radius 2 is 1.89 bits per heavy atom. The van der Waals surface area contributed by atoms with Crippen LogP contribution in [0, 0.1) is 11.3 Å². The van der Waals surface area contributed by atoms with Crippen LogP contribution in [0.3, 0.4) is 0 Å². The lowest BCUT2D eigenvalue weighted by Gasteiger charge is -2.33. The van der Waals surface area contributed by atoms with Gasteiger partial charge in [0.05, 0.1) is 24.8 Å². The Labute approximate surface area is 216 Å². The van der Waals surface area contributed by atoms with E-state index in [1.165, 1.54) is 4.88 Å². The van der Waals surface area contributed by atoms with Gasteiger partial charge in [-0.25, -0.2) is 4.99 Å². The summed E-state index contributed by atoms with van der Waals surface area (Å²) in [5.74, 6) is 1.76. The van der Waals surface area contributed by atoms with E-state index in [4.69, 9.17) is 26.1 Å². The molecule has 1 atom stereocenters. The average molecular weight is 511 g/mol. The van der Waals surface area contributed by atoms with Gasteiger partial charge in [0, 0.05) is 16.8 Å². The molecule has 1 amide bonds. The Balaban J connectivity index is 1.68. The lowest BCUT2D eigenvalue weighted by atomic mass is 9.72. The normalized spacial score (nSPS) is 15.7. The second-order valence-electron chi connectivity index (χ2n) is 9.82. The SMILES string of the molecule is COc1ccc(C=Nc2sc3c(c2C(=O)Nc2ccc(OC)c(Cl)c2)CC[C@@H](C(C)(C)C)C3)cc1. The fourth-order valence-corrected chi connectivity index (χ4v) is 5.92. The molecule has 0 saturated carbocycles. The summed E-state index contributed by atoms with van der Waals surface area (Å²) >= 11 is 7.90. The highest BCUT2D eigenvalue weighted by molar-refractivity contribution is 7.16. The first kappa shape index (κ1) is 25.3. The van der Waals surface area contributed by atoms with Crippen molar-refractivity contribution in [3.05, 3.63) is 69.1 Å². The molecule has 0 fully saturated rings. The van der Waals surface area contributed by atoms with Crippen molar-refractivity contribution in [3.63, 3.8) is 0 Å². The van der Waals surface area contributed by atoms with Gasteiger partial charge in [0.2, 0.25) is 0 Å². The maximum absolute atomic E-state index is 13.5. The van der Waals surface area contributed by atoms with E-state index in [2.05, 4.69) is 26.1 Å². The van der Waals surface area contributed by atoms with Crippen molar-refractivity contribution >= 4 is 45.7 Å². The molecule has 5 nitrogen and oxygen atoms in total. The summed E-state index contributed by atoms with van der Waals surface area (Å²) in [6.07, 6.45) is 4.71. The minimum Gasteiger partial charge on any atom is -0.497 e. The molecular formula is C28H31ClN2O3S. The lowest BCUT2D eigenvalue weighted by Crippen LogP contribution is -2.27. The number of nitrogens with zero attached hydrogens (tertiary/aromatic N) is 1. The monoisotopic (exact) mass is 510 g/mol. The molecule has 4 rings (SSSR count). The van der Waals surface area contributed by atoms with Crippen LogP contribution >= 0.6 is 22.9 Å². The summed E-state index contributed by atoms with van der Waals surface area (Å²) < 4.78 is 10.5. The number of benzene rings is 2. The van der Waals surface area contributed by atoms with Crippen LogP contribution in [0.4, 0.5) is 10.7 Å². The Hall–Kier alpha value is -2.83. The van der Waals surface area contributed by atoms with Crippen LogP contribution < -0.4 is 14.8 Å². The standard InChI is InChI=1S/C28H31ClN2O3S/c1-28(2,3)18-8-12-21-24(14-18)35-27(30-16-17-6-10-20(33-4)11-7-17)25(21)26(32)31-19-9-13-23(34-5)22(29)15-19/h6-7,9-11,13,15-16,18H,8,12,14H2,1-5H3,(H,31,32)/t18-/m1/s1. The maximum Gasteiger partial charge on any atom is 0.259 e. The van der Waals surface area contributed by atoms with Gasteiger partial charge in [-0.05, 0) is 84.2 Å². The minimum absolute atomic E-state index is 0.167. The molecule has 1 N–H and O–H groups in total. The molecule has 0 aliphatic heterocycles. The third kappa shape index (κ3) is 5.71. The van der Waals surface area contributed by atoms with Gasteiger partial charge in [-0.1, -0.05) is 32.4 Å². The van der Waals surface area contributed by atoms with Crippen molar-refractivity contribution in [2.24, 2.45) is 16.3 Å². The van der Waals surface area contributed by atoms with E-state index in [0.29, 0.717) is 27.9 Å². The minimum atomic E-state index is -0.167. The summed E-state index contributed by atoms with van der Waals surface area (Å²) in [5, 5.41) is 4.20. The van der Waals surface area contributed by atoms with E-state index in [-0.39, 0.29) is 11.3 Å². The second kappa shape index (κ2) is 10.4. The topological polar surface area (TPSA) is 59.9 Å². The van der Waals surface area contributed by atoms with Gasteiger partial charge < -0.3 is 14.8 Å². The number of ether oxygens (including phenoxy) is 2. The molecule has 1 aliphatic rings. The molecule has 1 aliphatic carbocycles. The van der Waals surface area contributed by atoms with Gasteiger partial charge in [-0.15, -0.1) is 11.3 Å². The largest absolute Gasteiger partial charge is 0.497 e. The molecule has 3 aromatic rings. The van der Waals surface area contributed by atoms with Crippen molar-refractivity contribution in [1.29, 1.82) is 0 Å². The molecule has 184 valence electrons. The van der Waals surface area contributed by atoms with E-state index >= 15 is 0 Å². The lowest BCUT2D eigenvalue weighted by molar-refractivity contribution is 0.102. The van der Waals surface area contributed by atoms with E-state index in [9.17, 15) is 4.79 Å². The van der Waals surface area contributed by atoms with E-state index in [1.807, 2.05) is 24.3 Å². The summed E-state index contributed by atoms with van der Waals surface area (Å²) in [7, 11) is 3.21. The van der Waals surface area contributed by atoms with Crippen LogP contribution in [0.2, 0.25) is 5.02 Å². The molecular weight excluding hydrogens is 480 g/mol. The zero-order chi connectivity index (χ0) is 25.2. The summed E-state index contributed by atoms with van der Waals surface area (Å²) in [4.78, 5) is 19.6. The number of amides is 1. The molecule has 1 aromatic heterocycles. The third-order valence-corrected chi connectivity index (χ3v) is 8.01. The number of thiophene rings is 1. The number of rotatable bonds is 6. The number of aliphatic imine (C=N–C) groups is 1. The highest BCUT2D eigenvalue weighted by Crippen LogP contribution is 2.45. The molecule has 0 spiro atoms. The summed E-state index contributed by atoms with van der Waals surface area (Å²) in [6, 6.07) is 12.9. The number of nitrogens with one attached hydrogen (secondary N) is 1. The van der Waals surface area contributed by atoms with Crippen LogP contribution in [-0.2, 0) is 12.8 Å². The molecule has 0 radical (unpaired) electrons. The van der Waals surface area contributed by atoms with Crippen molar-refractivity contribution in [1.82, 2.24) is 0 Å². The zero-order valence-electron chi connectivity index (χ0n) is 20.8. The van der Waals surface area contributed by atoms with Crippen molar-refractivity contribution in [2.75, 3.05) is 19.5 Å². The Bertz CT molecular complexity index is 1240. The van der Waals surface area contributed by atoms with Gasteiger partial charge in [0.25, 0.3) is 5.91 Å². The van der Waals surface area contributed by atoms with Gasteiger partial charge in [0.15, 0.2) is 0 Å². The predicted octanol–water partition coefficient (Wildman–Crippen LogP) is 7.57. The van der Waals surface area contributed by atoms with Gasteiger partial charge in [0.1, 0.15) is 16.5 Å². The first-order valence-electron chi connectivity index (χ1n) is 11.7. The third-order valence-electron chi connectivity index (χ3n) is 6.55. The van der Waals surface area contributed by atoms with Crippen LogP contribution in [-0.4, -0.2) is 26.3 Å². The van der Waals surface area contributed by atoms with Crippen LogP contribution in [0.1, 0.15) is 53.6 Å². The molecule has 1 heterocycles. The summed E-state index contributed by atoms with van der Waals surface area (Å²) in [6.45, 7) is 6.88. The van der Waals surface area contributed by atoms with Crippen LogP contribution in [0.15, 0.2) is 47.5 Å². The van der Waals surface area contributed by atoms with Crippen LogP contribution in [0.25, 0.3) is 0 Å². The first-order chi connectivity index (χ1) is 16.7. The molecule has 0 unspecified atom stereocenters. The number of anilines is 1. The Kier molecular flexibility index (Phi) is 7.53. The number of hydrogen-bond donors (Lipinski definition) is 1. The fourth-order valence-electron chi connectivity index (χ4n) is 4.40. The van der Waals surface area contributed by atoms with Gasteiger partial charge in [-0.3, -0.25) is 4.79 Å². The number of methoxy groups -OCH3 is 2. The second-order valence-corrected chi connectivity index (χ2v) is 11.3. The molecule has 2 aromatic carbocycles. The molecule has 35 heavy (non-hydrogen) atoms. The average Bonchev–Trinajstić information content (AvgIpc) is 3.20. The van der Waals surface area contributed by atoms with Crippen LogP contribution in [0.5, 0.6) is 11.5 Å². The Morgan fingerprint density at radius 1 is 1.14 bits per heavy atom. The highest BCUT2D eigenvalue weighted by Gasteiger charge is 2.33. The van der Waals surface area contributed by atoms with E-state index in [1.54, 1.807) is 50.0 Å². The number of hydrogen-bond acceptors (Lipinski definition) is 5. The Morgan fingerprint density at radius 3 is 2.51 bits per heavy atom. The van der Waals surface area contributed by atoms with Crippen molar-refractivity contribution in [2.45, 2.75) is 40.0 Å². The number of carbonyl (C=O) groups excluding carboxylic acids is 1. The molecule has 0 bridgehead atoms. The van der Waals surface area contributed by atoms with Gasteiger partial charge >= 0.3 is 0 Å². The predicted molar refractivity (Wildman–Crippen MR) is 145 cm³/mol. The number of halogens is 1. The smallest absolute Gasteiger partial charge is 0.259 e. The fraction of sp³-hybridized carbons (Fsp3) is 0.357. The first-order valence-corrected chi connectivity index (χ1v) is 12.9.